The molecule has 0 spiro atoms. The molecule has 0 bridgehead atoms. The number of nitrogens with one attached hydrogen (secondary N) is 1. The quantitative estimate of drug-likeness (QED) is 0.199. The van der Waals surface area contributed by atoms with Crippen molar-refractivity contribution in [1.29, 1.82) is 0 Å². The van der Waals surface area contributed by atoms with Gasteiger partial charge in [0.1, 0.15) is 19.0 Å². The summed E-state index contributed by atoms with van der Waals surface area (Å²) in [5.41, 5.74) is 3.34. The predicted molar refractivity (Wildman–Crippen MR) is 154 cm³/mol. The number of aryl methyl sites for hydroxylation is 2. The van der Waals surface area contributed by atoms with Gasteiger partial charge in [0, 0.05) is 24.3 Å². The molecule has 0 fully saturated rings. The first kappa shape index (κ1) is 28.4. The molecule has 2 heterocycles. The minimum atomic E-state index is -3.90. The van der Waals surface area contributed by atoms with Gasteiger partial charge in [0.05, 0.1) is 10.5 Å². The van der Waals surface area contributed by atoms with Crippen LogP contribution in [0.1, 0.15) is 31.9 Å². The summed E-state index contributed by atoms with van der Waals surface area (Å²) in [6, 6.07) is 14.9. The van der Waals surface area contributed by atoms with E-state index in [0.29, 0.717) is 11.4 Å². The average Bonchev–Trinajstić information content (AvgIpc) is 3.21. The molecule has 11 heteroatoms. The van der Waals surface area contributed by atoms with Crippen LogP contribution < -0.4 is 14.2 Å². The van der Waals surface area contributed by atoms with Crippen LogP contribution in [0, 0.1) is 6.92 Å². The molecule has 9 nitrogen and oxygen atoms in total. The molecule has 0 unspecified atom stereocenters. The second-order valence-electron chi connectivity index (χ2n) is 10.0. The number of anilines is 1. The maximum atomic E-state index is 13.4. The number of hydrogen-bond donors (Lipinski definition) is 1. The van der Waals surface area contributed by atoms with E-state index in [1.54, 1.807) is 43.3 Å². The van der Waals surface area contributed by atoms with Crippen LogP contribution in [-0.4, -0.2) is 47.6 Å². The van der Waals surface area contributed by atoms with E-state index in [2.05, 4.69) is 40.6 Å². The van der Waals surface area contributed by atoms with Crippen LogP contribution in [-0.2, 0) is 22.5 Å². The van der Waals surface area contributed by atoms with Crippen molar-refractivity contribution in [2.24, 2.45) is 7.05 Å². The SMILES string of the molecule is CSc1cnc(OCCOc2nn(C)c(NS(=O)(=O)c3ccc(C(C)(C)C)cc3)c2-c2ccc(C)cc2)nc1. The molecule has 0 atom stereocenters. The van der Waals surface area contributed by atoms with Crippen molar-refractivity contribution in [2.75, 3.05) is 24.2 Å². The van der Waals surface area contributed by atoms with E-state index in [1.165, 1.54) is 4.68 Å². The van der Waals surface area contributed by atoms with Crippen molar-refractivity contribution in [1.82, 2.24) is 19.7 Å². The molecule has 1 N–H and O–H groups in total. The van der Waals surface area contributed by atoms with Gasteiger partial charge in [0.15, 0.2) is 0 Å². The first-order valence-corrected chi connectivity index (χ1v) is 15.1. The molecule has 206 valence electrons. The van der Waals surface area contributed by atoms with Crippen molar-refractivity contribution in [3.8, 4) is 23.0 Å². The number of thioether (sulfide) groups is 1. The highest BCUT2D eigenvalue weighted by Crippen LogP contribution is 2.38. The monoisotopic (exact) mass is 567 g/mol. The van der Waals surface area contributed by atoms with Crippen LogP contribution in [0.15, 0.2) is 70.7 Å². The zero-order valence-corrected chi connectivity index (χ0v) is 24.6. The highest BCUT2D eigenvalue weighted by Gasteiger charge is 2.25. The number of rotatable bonds is 10. The third kappa shape index (κ3) is 6.90. The van der Waals surface area contributed by atoms with Crippen molar-refractivity contribution in [3.05, 3.63) is 72.1 Å². The Labute approximate surface area is 234 Å². The van der Waals surface area contributed by atoms with E-state index in [-0.39, 0.29) is 35.4 Å². The largest absolute Gasteiger partial charge is 0.472 e. The molecule has 2 aromatic heterocycles. The van der Waals surface area contributed by atoms with Gasteiger partial charge in [-0.15, -0.1) is 16.9 Å². The number of benzene rings is 2. The number of sulfonamides is 1. The molecule has 0 saturated heterocycles. The van der Waals surface area contributed by atoms with Crippen LogP contribution in [0.4, 0.5) is 5.82 Å². The zero-order valence-electron chi connectivity index (χ0n) is 22.9. The second kappa shape index (κ2) is 11.7. The number of ether oxygens (including phenoxy) is 2. The molecular weight excluding hydrogens is 534 g/mol. The summed E-state index contributed by atoms with van der Waals surface area (Å²) < 4.78 is 42.6. The molecule has 0 aliphatic rings. The summed E-state index contributed by atoms with van der Waals surface area (Å²) in [5.74, 6) is 0.579. The average molecular weight is 568 g/mol. The smallest absolute Gasteiger partial charge is 0.316 e. The Morgan fingerprint density at radius 2 is 1.56 bits per heavy atom. The minimum absolute atomic E-state index is 0.0868. The van der Waals surface area contributed by atoms with Gasteiger partial charge in [0.25, 0.3) is 10.0 Å². The van der Waals surface area contributed by atoms with Gasteiger partial charge < -0.3 is 9.47 Å². The molecule has 4 aromatic rings. The Kier molecular flexibility index (Phi) is 8.51. The Balaban J connectivity index is 1.58. The molecule has 0 saturated carbocycles. The van der Waals surface area contributed by atoms with Gasteiger partial charge in [-0.3, -0.25) is 4.72 Å². The summed E-state index contributed by atoms with van der Waals surface area (Å²) >= 11 is 1.55. The van der Waals surface area contributed by atoms with E-state index in [0.717, 1.165) is 21.6 Å². The lowest BCUT2D eigenvalue weighted by Gasteiger charge is -2.19. The lowest BCUT2D eigenvalue weighted by atomic mass is 9.87. The summed E-state index contributed by atoms with van der Waals surface area (Å²) in [7, 11) is -2.23. The first-order valence-electron chi connectivity index (χ1n) is 12.4. The summed E-state index contributed by atoms with van der Waals surface area (Å²) in [5, 5.41) is 4.48. The van der Waals surface area contributed by atoms with Gasteiger partial charge in [-0.25, -0.2) is 23.1 Å². The van der Waals surface area contributed by atoms with Crippen LogP contribution >= 0.6 is 11.8 Å². The van der Waals surface area contributed by atoms with E-state index >= 15 is 0 Å². The van der Waals surface area contributed by atoms with E-state index in [4.69, 9.17) is 9.47 Å². The number of hydrogen-bond acceptors (Lipinski definition) is 8. The predicted octanol–water partition coefficient (Wildman–Crippen LogP) is 5.46. The third-order valence-corrected chi connectivity index (χ3v) is 8.05. The molecule has 2 aromatic carbocycles. The maximum Gasteiger partial charge on any atom is 0.316 e. The Hall–Kier alpha value is -3.57. The normalized spacial score (nSPS) is 11.8. The van der Waals surface area contributed by atoms with Crippen LogP contribution in [0.2, 0.25) is 0 Å². The highest BCUT2D eigenvalue weighted by molar-refractivity contribution is 7.98. The third-order valence-electron chi connectivity index (χ3n) is 6.01. The van der Waals surface area contributed by atoms with E-state index < -0.39 is 10.0 Å². The minimum Gasteiger partial charge on any atom is -0.472 e. The molecule has 39 heavy (non-hydrogen) atoms. The second-order valence-corrected chi connectivity index (χ2v) is 12.6. The van der Waals surface area contributed by atoms with Gasteiger partial charge >= 0.3 is 6.01 Å². The molecular formula is C28H33N5O4S2. The first-order chi connectivity index (χ1) is 18.5. The van der Waals surface area contributed by atoms with Crippen LogP contribution in [0.3, 0.4) is 0 Å². The summed E-state index contributed by atoms with van der Waals surface area (Å²) in [4.78, 5) is 9.44. The number of aromatic nitrogens is 4. The summed E-state index contributed by atoms with van der Waals surface area (Å²) in [6.07, 6.45) is 5.33. The fourth-order valence-electron chi connectivity index (χ4n) is 3.77. The maximum absolute atomic E-state index is 13.4. The Bertz CT molecular complexity index is 1510. The molecule has 0 amide bonds. The van der Waals surface area contributed by atoms with E-state index in [9.17, 15) is 8.42 Å². The van der Waals surface area contributed by atoms with Gasteiger partial charge in [-0.1, -0.05) is 62.7 Å². The number of nitrogens with zero attached hydrogens (tertiary/aromatic N) is 4. The van der Waals surface area contributed by atoms with Gasteiger partial charge in [-0.2, -0.15) is 0 Å². The molecule has 4 rings (SSSR count). The zero-order chi connectivity index (χ0) is 28.2. The fraction of sp³-hybridized carbons (Fsp3) is 0.321. The molecule has 0 aliphatic heterocycles. The van der Waals surface area contributed by atoms with Crippen LogP contribution in [0.5, 0.6) is 11.9 Å². The lowest BCUT2D eigenvalue weighted by molar-refractivity contribution is 0.201. The van der Waals surface area contributed by atoms with Crippen molar-refractivity contribution >= 4 is 27.6 Å². The topological polar surface area (TPSA) is 108 Å². The van der Waals surface area contributed by atoms with Crippen molar-refractivity contribution in [3.63, 3.8) is 0 Å². The molecule has 0 radical (unpaired) electrons. The van der Waals surface area contributed by atoms with Gasteiger partial charge in [-0.05, 0) is 41.9 Å². The fourth-order valence-corrected chi connectivity index (χ4v) is 5.19. The standard InChI is InChI=1S/C28H33N5O4S2/c1-19-7-9-20(10-8-19)24-25(32-39(34,35)23-13-11-21(12-14-23)28(2,3)4)33(5)31-26(24)36-15-16-37-27-29-17-22(38-6)18-30-27/h7-14,17-18,32H,15-16H2,1-6H3. The highest BCUT2D eigenvalue weighted by atomic mass is 32.2. The Morgan fingerprint density at radius 3 is 2.15 bits per heavy atom. The van der Waals surface area contributed by atoms with Crippen molar-refractivity contribution < 1.29 is 17.9 Å². The summed E-state index contributed by atoms with van der Waals surface area (Å²) in [6.45, 7) is 8.57. The van der Waals surface area contributed by atoms with Crippen LogP contribution in [0.25, 0.3) is 11.1 Å². The lowest BCUT2D eigenvalue weighted by Crippen LogP contribution is -2.17. The van der Waals surface area contributed by atoms with Crippen molar-refractivity contribution in [2.45, 2.75) is 42.9 Å². The molecule has 0 aliphatic carbocycles. The van der Waals surface area contributed by atoms with Gasteiger partial charge in [0.2, 0.25) is 5.88 Å². The Morgan fingerprint density at radius 1 is 0.949 bits per heavy atom. The van der Waals surface area contributed by atoms with E-state index in [1.807, 2.05) is 49.6 Å².